The summed E-state index contributed by atoms with van der Waals surface area (Å²) in [4.78, 5) is 4.06. The number of hydrogen-bond donors (Lipinski definition) is 2. The van der Waals surface area contributed by atoms with Crippen molar-refractivity contribution in [1.82, 2.24) is 9.71 Å². The van der Waals surface area contributed by atoms with Gasteiger partial charge in [0.25, 0.3) is 0 Å². The summed E-state index contributed by atoms with van der Waals surface area (Å²) < 4.78 is 25.7. The highest BCUT2D eigenvalue weighted by Crippen LogP contribution is 1.98. The summed E-state index contributed by atoms with van der Waals surface area (Å²) >= 11 is 0. The van der Waals surface area contributed by atoms with E-state index in [0.717, 1.165) is 5.69 Å². The summed E-state index contributed by atoms with van der Waals surface area (Å²) in [5.41, 5.74) is 6.12. The first kappa shape index (κ1) is 13.1. The smallest absolute Gasteiger partial charge is 0.212 e. The molecule has 1 aromatic heterocycles. The van der Waals surface area contributed by atoms with Crippen molar-refractivity contribution >= 4 is 10.0 Å². The average molecular weight is 243 g/mol. The molecule has 0 aliphatic heterocycles. The number of aromatic nitrogens is 1. The second-order valence-electron chi connectivity index (χ2n) is 3.64. The molecule has 0 aliphatic carbocycles. The minimum Gasteiger partial charge on any atom is -0.329 e. The standard InChI is InChI=1S/C10H17N3O2S/c1-9(8-11)13-16(14,15)7-5-10-4-2-3-6-12-10/h2-4,6,9,13H,5,7-8,11H2,1H3. The van der Waals surface area contributed by atoms with Gasteiger partial charge in [0.1, 0.15) is 0 Å². The number of nitrogens with one attached hydrogen (secondary N) is 1. The van der Waals surface area contributed by atoms with E-state index in [1.165, 1.54) is 0 Å². The topological polar surface area (TPSA) is 85.1 Å². The molecule has 0 radical (unpaired) electrons. The number of hydrogen-bond acceptors (Lipinski definition) is 4. The van der Waals surface area contributed by atoms with E-state index in [1.54, 1.807) is 19.2 Å². The minimum atomic E-state index is -3.26. The summed E-state index contributed by atoms with van der Waals surface area (Å²) in [5, 5.41) is 0. The van der Waals surface area contributed by atoms with Gasteiger partial charge in [0, 0.05) is 30.9 Å². The SMILES string of the molecule is CC(CN)NS(=O)(=O)CCc1ccccn1. The third-order valence-electron chi connectivity index (χ3n) is 2.09. The number of sulfonamides is 1. The van der Waals surface area contributed by atoms with E-state index < -0.39 is 10.0 Å². The summed E-state index contributed by atoms with van der Waals surface area (Å²) in [6.45, 7) is 2.03. The highest BCUT2D eigenvalue weighted by atomic mass is 32.2. The van der Waals surface area contributed by atoms with E-state index >= 15 is 0 Å². The van der Waals surface area contributed by atoms with Crippen LogP contribution in [0.15, 0.2) is 24.4 Å². The van der Waals surface area contributed by atoms with Gasteiger partial charge in [-0.3, -0.25) is 4.98 Å². The van der Waals surface area contributed by atoms with Crippen LogP contribution in [0.5, 0.6) is 0 Å². The normalized spacial score (nSPS) is 13.6. The molecule has 0 spiro atoms. The fraction of sp³-hybridized carbons (Fsp3) is 0.500. The Morgan fingerprint density at radius 2 is 2.25 bits per heavy atom. The molecule has 0 bridgehead atoms. The summed E-state index contributed by atoms with van der Waals surface area (Å²) in [6, 6.07) is 5.22. The van der Waals surface area contributed by atoms with Crippen LogP contribution in [0.1, 0.15) is 12.6 Å². The number of nitrogens with two attached hydrogens (primary N) is 1. The van der Waals surface area contributed by atoms with Crippen LogP contribution in [0.4, 0.5) is 0 Å². The summed E-state index contributed by atoms with van der Waals surface area (Å²) in [6.07, 6.45) is 2.06. The fourth-order valence-electron chi connectivity index (χ4n) is 1.20. The number of nitrogens with zero attached hydrogens (tertiary/aromatic N) is 1. The molecule has 1 aromatic rings. The lowest BCUT2D eigenvalue weighted by atomic mass is 10.3. The minimum absolute atomic E-state index is 0.0361. The van der Waals surface area contributed by atoms with Crippen LogP contribution in [0.25, 0.3) is 0 Å². The van der Waals surface area contributed by atoms with Gasteiger partial charge in [0.15, 0.2) is 0 Å². The first-order valence-electron chi connectivity index (χ1n) is 5.13. The van der Waals surface area contributed by atoms with Crippen molar-refractivity contribution in [3.05, 3.63) is 30.1 Å². The molecule has 0 aliphatic rings. The zero-order valence-electron chi connectivity index (χ0n) is 9.26. The first-order chi connectivity index (χ1) is 7.53. The largest absolute Gasteiger partial charge is 0.329 e. The van der Waals surface area contributed by atoms with Gasteiger partial charge in [-0.1, -0.05) is 6.07 Å². The van der Waals surface area contributed by atoms with E-state index in [4.69, 9.17) is 5.73 Å². The average Bonchev–Trinajstić information content (AvgIpc) is 2.27. The lowest BCUT2D eigenvalue weighted by Gasteiger charge is -2.11. The van der Waals surface area contributed by atoms with E-state index in [-0.39, 0.29) is 11.8 Å². The molecular weight excluding hydrogens is 226 g/mol. The lowest BCUT2D eigenvalue weighted by Crippen LogP contribution is -2.39. The Balaban J connectivity index is 2.49. The maximum Gasteiger partial charge on any atom is 0.212 e. The van der Waals surface area contributed by atoms with Crippen LogP contribution in [0.2, 0.25) is 0 Å². The van der Waals surface area contributed by atoms with E-state index in [2.05, 4.69) is 9.71 Å². The molecular formula is C10H17N3O2S. The zero-order chi connectivity index (χ0) is 12.0. The molecule has 3 N–H and O–H groups in total. The van der Waals surface area contributed by atoms with Crippen molar-refractivity contribution in [2.24, 2.45) is 5.73 Å². The van der Waals surface area contributed by atoms with Gasteiger partial charge in [-0.2, -0.15) is 0 Å². The van der Waals surface area contributed by atoms with Crippen molar-refractivity contribution in [2.45, 2.75) is 19.4 Å². The van der Waals surface area contributed by atoms with Crippen molar-refractivity contribution in [1.29, 1.82) is 0 Å². The Kier molecular flexibility index (Phi) is 4.85. The Bertz CT molecular complexity index is 405. The predicted molar refractivity (Wildman–Crippen MR) is 63.4 cm³/mol. The van der Waals surface area contributed by atoms with E-state index in [1.807, 2.05) is 12.1 Å². The highest BCUT2D eigenvalue weighted by molar-refractivity contribution is 7.89. The molecule has 6 heteroatoms. The lowest BCUT2D eigenvalue weighted by molar-refractivity contribution is 0.561. The van der Waals surface area contributed by atoms with Gasteiger partial charge < -0.3 is 5.73 Å². The van der Waals surface area contributed by atoms with Gasteiger partial charge in [0.05, 0.1) is 5.75 Å². The van der Waals surface area contributed by atoms with Crippen molar-refractivity contribution in [3.8, 4) is 0 Å². The van der Waals surface area contributed by atoms with Crippen LogP contribution in [-0.4, -0.2) is 31.7 Å². The predicted octanol–water partition coefficient (Wildman–Crippen LogP) is -0.109. The van der Waals surface area contributed by atoms with Crippen LogP contribution in [0, 0.1) is 0 Å². The van der Waals surface area contributed by atoms with Crippen LogP contribution >= 0.6 is 0 Å². The summed E-state index contributed by atoms with van der Waals surface area (Å²) in [5.74, 6) is 0.0361. The maximum atomic E-state index is 11.6. The molecule has 0 amide bonds. The monoisotopic (exact) mass is 243 g/mol. The van der Waals surface area contributed by atoms with Crippen LogP contribution in [-0.2, 0) is 16.4 Å². The Labute approximate surface area is 96.1 Å². The fourth-order valence-corrected chi connectivity index (χ4v) is 2.50. The molecule has 1 unspecified atom stereocenters. The van der Waals surface area contributed by atoms with Crippen LogP contribution < -0.4 is 10.5 Å². The molecule has 16 heavy (non-hydrogen) atoms. The molecule has 0 saturated heterocycles. The van der Waals surface area contributed by atoms with Gasteiger partial charge in [-0.25, -0.2) is 13.1 Å². The molecule has 1 atom stereocenters. The van der Waals surface area contributed by atoms with Gasteiger partial charge in [0.2, 0.25) is 10.0 Å². The molecule has 0 saturated carbocycles. The number of aryl methyl sites for hydroxylation is 1. The zero-order valence-corrected chi connectivity index (χ0v) is 10.1. The van der Waals surface area contributed by atoms with Gasteiger partial charge >= 0.3 is 0 Å². The van der Waals surface area contributed by atoms with Crippen LogP contribution in [0.3, 0.4) is 0 Å². The van der Waals surface area contributed by atoms with E-state index in [0.29, 0.717) is 13.0 Å². The molecule has 1 rings (SSSR count). The van der Waals surface area contributed by atoms with E-state index in [9.17, 15) is 8.42 Å². The van der Waals surface area contributed by atoms with Crippen molar-refractivity contribution in [3.63, 3.8) is 0 Å². The Morgan fingerprint density at radius 3 is 2.81 bits per heavy atom. The number of pyridine rings is 1. The van der Waals surface area contributed by atoms with Gasteiger partial charge in [-0.05, 0) is 19.1 Å². The second kappa shape index (κ2) is 5.93. The molecule has 5 nitrogen and oxygen atoms in total. The third-order valence-corrected chi connectivity index (χ3v) is 3.59. The van der Waals surface area contributed by atoms with Gasteiger partial charge in [-0.15, -0.1) is 0 Å². The molecule has 90 valence electrons. The quantitative estimate of drug-likeness (QED) is 0.730. The first-order valence-corrected chi connectivity index (χ1v) is 6.78. The molecule has 0 fully saturated rings. The Hall–Kier alpha value is -0.980. The maximum absolute atomic E-state index is 11.6. The van der Waals surface area contributed by atoms with Crippen molar-refractivity contribution < 1.29 is 8.42 Å². The van der Waals surface area contributed by atoms with Crippen molar-refractivity contribution in [2.75, 3.05) is 12.3 Å². The molecule has 0 aromatic carbocycles. The third kappa shape index (κ3) is 4.69. The highest BCUT2D eigenvalue weighted by Gasteiger charge is 2.13. The Morgan fingerprint density at radius 1 is 1.50 bits per heavy atom. The summed E-state index contributed by atoms with van der Waals surface area (Å²) in [7, 11) is -3.26. The molecule has 1 heterocycles. The number of rotatable bonds is 6. The second-order valence-corrected chi connectivity index (χ2v) is 5.52.